The van der Waals surface area contributed by atoms with Crippen LogP contribution in [0.4, 0.5) is 8.78 Å². The molecule has 0 saturated carbocycles. The molecule has 0 radical (unpaired) electrons. The van der Waals surface area contributed by atoms with E-state index in [0.717, 1.165) is 5.56 Å². The largest absolute Gasteiger partial charge is 0.479 e. The summed E-state index contributed by atoms with van der Waals surface area (Å²) in [5.41, 5.74) is 1.21. The number of alkyl halides is 2. The Morgan fingerprint density at radius 2 is 2.07 bits per heavy atom. The lowest BCUT2D eigenvalue weighted by Crippen LogP contribution is -2.46. The third kappa shape index (κ3) is 4.06. The van der Waals surface area contributed by atoms with Crippen molar-refractivity contribution in [2.45, 2.75) is 32.4 Å². The molecule has 7 heteroatoms. The monoisotopic (exact) mass is 392 g/mol. The molecule has 0 bridgehead atoms. The number of fused-ring (bicyclic) bond motifs is 1. The Kier molecular flexibility index (Phi) is 5.37. The number of H-pyrrole nitrogens is 1. The molecule has 0 saturated heterocycles. The first kappa shape index (κ1) is 19.2. The van der Waals surface area contributed by atoms with Gasteiger partial charge in [0.15, 0.2) is 6.10 Å². The molecule has 0 spiro atoms. The number of rotatable bonds is 6. The van der Waals surface area contributed by atoms with Crippen LogP contribution in [0.2, 0.25) is 5.02 Å². The van der Waals surface area contributed by atoms with Crippen molar-refractivity contribution in [3.63, 3.8) is 0 Å². The number of halogens is 3. The van der Waals surface area contributed by atoms with Crippen LogP contribution >= 0.6 is 11.6 Å². The van der Waals surface area contributed by atoms with E-state index in [1.165, 1.54) is 12.1 Å². The molecule has 1 atom stereocenters. The second-order valence-electron chi connectivity index (χ2n) is 6.26. The average molecular weight is 393 g/mol. The molecule has 0 aliphatic rings. The number of carbonyl (C=O) groups excluding carboxylic acids is 1. The van der Waals surface area contributed by atoms with Gasteiger partial charge >= 0.3 is 6.05 Å². The highest BCUT2D eigenvalue weighted by Gasteiger charge is 2.37. The molecule has 1 heterocycles. The van der Waals surface area contributed by atoms with Crippen molar-refractivity contribution in [2.75, 3.05) is 0 Å². The summed E-state index contributed by atoms with van der Waals surface area (Å²) < 4.78 is 35.1. The summed E-state index contributed by atoms with van der Waals surface area (Å²) in [6.07, 6.45) is 0.686. The van der Waals surface area contributed by atoms with Gasteiger partial charge in [0.2, 0.25) is 0 Å². The molecule has 3 rings (SSSR count). The highest BCUT2D eigenvalue weighted by molar-refractivity contribution is 6.32. The maximum absolute atomic E-state index is 14.8. The number of aromatic amines is 1. The summed E-state index contributed by atoms with van der Waals surface area (Å²) in [5, 5.41) is 2.47. The molecule has 1 amide bonds. The van der Waals surface area contributed by atoms with Gasteiger partial charge in [-0.05, 0) is 43.2 Å². The van der Waals surface area contributed by atoms with Gasteiger partial charge in [-0.25, -0.2) is 0 Å². The molecule has 0 aliphatic carbocycles. The van der Waals surface area contributed by atoms with Gasteiger partial charge in [-0.1, -0.05) is 36.7 Å². The number of hydrogen-bond acceptors (Lipinski definition) is 2. The zero-order chi connectivity index (χ0) is 19.6. The second-order valence-corrected chi connectivity index (χ2v) is 6.66. The van der Waals surface area contributed by atoms with Gasteiger partial charge in [-0.2, -0.15) is 8.78 Å². The minimum absolute atomic E-state index is 0.209. The first-order chi connectivity index (χ1) is 12.8. The van der Waals surface area contributed by atoms with Gasteiger partial charge in [0.05, 0.1) is 10.6 Å². The highest BCUT2D eigenvalue weighted by Crippen LogP contribution is 2.32. The van der Waals surface area contributed by atoms with Gasteiger partial charge in [0.25, 0.3) is 5.91 Å². The van der Waals surface area contributed by atoms with Crippen molar-refractivity contribution < 1.29 is 18.3 Å². The summed E-state index contributed by atoms with van der Waals surface area (Å²) in [7, 11) is 0. The fourth-order valence-corrected chi connectivity index (χ4v) is 3.12. The maximum atomic E-state index is 14.8. The maximum Gasteiger partial charge on any atom is 0.353 e. The zero-order valence-electron chi connectivity index (χ0n) is 14.9. The normalized spacial score (nSPS) is 12.8. The lowest BCUT2D eigenvalue weighted by Gasteiger charge is -2.23. The summed E-state index contributed by atoms with van der Waals surface area (Å²) in [4.78, 5) is 15.3. The smallest absolute Gasteiger partial charge is 0.353 e. The molecule has 2 N–H and O–H groups in total. The van der Waals surface area contributed by atoms with Crippen molar-refractivity contribution in [2.24, 2.45) is 0 Å². The zero-order valence-corrected chi connectivity index (χ0v) is 15.6. The number of benzene rings is 2. The number of ether oxygens (including phenoxy) is 1. The van der Waals surface area contributed by atoms with E-state index >= 15 is 0 Å². The second kappa shape index (κ2) is 7.56. The van der Waals surface area contributed by atoms with E-state index in [4.69, 9.17) is 16.3 Å². The Morgan fingerprint density at radius 1 is 1.30 bits per heavy atom. The topological polar surface area (TPSA) is 54.1 Å². The van der Waals surface area contributed by atoms with Gasteiger partial charge < -0.3 is 9.72 Å². The van der Waals surface area contributed by atoms with Crippen LogP contribution in [0.25, 0.3) is 10.9 Å². The van der Waals surface area contributed by atoms with Crippen LogP contribution in [-0.4, -0.2) is 17.0 Å². The molecule has 4 nitrogen and oxygen atoms in total. The van der Waals surface area contributed by atoms with E-state index in [1.807, 2.05) is 6.92 Å². The van der Waals surface area contributed by atoms with Crippen molar-refractivity contribution in [1.29, 1.82) is 0 Å². The molecule has 1 aromatic heterocycles. The van der Waals surface area contributed by atoms with Crippen molar-refractivity contribution in [3.05, 3.63) is 64.8 Å². The Morgan fingerprint density at radius 3 is 2.78 bits per heavy atom. The van der Waals surface area contributed by atoms with Crippen LogP contribution in [0.1, 0.15) is 24.5 Å². The number of carbonyl (C=O) groups is 1. The fourth-order valence-electron chi connectivity index (χ4n) is 2.84. The molecule has 0 fully saturated rings. The van der Waals surface area contributed by atoms with Crippen LogP contribution in [0.3, 0.4) is 0 Å². The molecule has 142 valence electrons. The van der Waals surface area contributed by atoms with Crippen LogP contribution < -0.4 is 10.1 Å². The molecule has 2 aromatic carbocycles. The average Bonchev–Trinajstić information content (AvgIpc) is 3.09. The number of amides is 1. The van der Waals surface area contributed by atoms with Crippen LogP contribution in [0.5, 0.6) is 5.75 Å². The summed E-state index contributed by atoms with van der Waals surface area (Å²) in [5.74, 6) is -0.632. The minimum atomic E-state index is -3.55. The third-order valence-corrected chi connectivity index (χ3v) is 4.53. The minimum Gasteiger partial charge on any atom is -0.479 e. The Balaban J connectivity index is 1.80. The van der Waals surface area contributed by atoms with Crippen molar-refractivity contribution in [3.8, 4) is 5.75 Å². The first-order valence-corrected chi connectivity index (χ1v) is 8.89. The summed E-state index contributed by atoms with van der Waals surface area (Å²) in [6.45, 7) is 3.54. The molecule has 3 aromatic rings. The molecular weight excluding hydrogens is 374 g/mol. The van der Waals surface area contributed by atoms with Gasteiger partial charge in [0, 0.05) is 17.1 Å². The number of aromatic nitrogens is 1. The van der Waals surface area contributed by atoms with Gasteiger partial charge in [-0.15, -0.1) is 0 Å². The van der Waals surface area contributed by atoms with Crippen LogP contribution in [-0.2, 0) is 10.8 Å². The van der Waals surface area contributed by atoms with E-state index in [0.29, 0.717) is 15.9 Å². The van der Waals surface area contributed by atoms with Gasteiger partial charge in [-0.3, -0.25) is 10.1 Å². The van der Waals surface area contributed by atoms with Crippen LogP contribution in [0, 0.1) is 6.92 Å². The summed E-state index contributed by atoms with van der Waals surface area (Å²) >= 11 is 6.11. The Bertz CT molecular complexity index is 972. The summed E-state index contributed by atoms with van der Waals surface area (Å²) in [6, 6.07) is 7.55. The van der Waals surface area contributed by atoms with E-state index < -0.39 is 18.1 Å². The molecular formula is C20H19ClF2N2O2. The highest BCUT2D eigenvalue weighted by atomic mass is 35.5. The lowest BCUT2D eigenvalue weighted by molar-refractivity contribution is -0.140. The standard InChI is InChI=1S/C20H19ClF2N2O2/c1-3-17(27-18-8-7-12(2)11-15(18)21)19(26)25-20(22,23)14-5-4-6-16-13(14)9-10-24-16/h4-11,17,24H,3H2,1-2H3,(H,25,26). The van der Waals surface area contributed by atoms with Crippen LogP contribution in [0.15, 0.2) is 48.7 Å². The SMILES string of the molecule is CCC(Oc1ccc(C)cc1Cl)C(=O)NC(F)(F)c1cccc2[nH]ccc12. The number of hydrogen-bond donors (Lipinski definition) is 2. The number of nitrogens with one attached hydrogen (secondary N) is 2. The van der Waals surface area contributed by atoms with E-state index in [-0.39, 0.29) is 17.7 Å². The predicted octanol–water partition coefficient (Wildman–Crippen LogP) is 5.15. The molecule has 1 unspecified atom stereocenters. The lowest BCUT2D eigenvalue weighted by atomic mass is 10.1. The van der Waals surface area contributed by atoms with E-state index in [1.54, 1.807) is 48.8 Å². The van der Waals surface area contributed by atoms with E-state index in [2.05, 4.69) is 4.98 Å². The Labute approximate surface area is 160 Å². The third-order valence-electron chi connectivity index (χ3n) is 4.23. The van der Waals surface area contributed by atoms with Gasteiger partial charge in [0.1, 0.15) is 5.75 Å². The predicted molar refractivity (Wildman–Crippen MR) is 101 cm³/mol. The Hall–Kier alpha value is -2.60. The quantitative estimate of drug-likeness (QED) is 0.570. The molecule has 0 aliphatic heterocycles. The van der Waals surface area contributed by atoms with E-state index in [9.17, 15) is 13.6 Å². The fraction of sp³-hybridized carbons (Fsp3) is 0.250. The van der Waals surface area contributed by atoms with Crippen molar-refractivity contribution in [1.82, 2.24) is 10.3 Å². The molecule has 27 heavy (non-hydrogen) atoms. The number of aryl methyl sites for hydroxylation is 1. The first-order valence-electron chi connectivity index (χ1n) is 8.51. The van der Waals surface area contributed by atoms with Crippen molar-refractivity contribution >= 4 is 28.4 Å².